The van der Waals surface area contributed by atoms with Crippen molar-refractivity contribution < 1.29 is 9.53 Å². The van der Waals surface area contributed by atoms with Gasteiger partial charge < -0.3 is 9.72 Å². The van der Waals surface area contributed by atoms with Crippen molar-refractivity contribution in [3.05, 3.63) is 74.5 Å². The first-order valence-corrected chi connectivity index (χ1v) is 9.57. The van der Waals surface area contributed by atoms with Crippen LogP contribution in [0.5, 0.6) is 0 Å². The molecule has 0 atom stereocenters. The quantitative estimate of drug-likeness (QED) is 0.704. The third-order valence-electron chi connectivity index (χ3n) is 4.66. The average Bonchev–Trinajstić information content (AvgIpc) is 3.22. The molecule has 0 amide bonds. The number of fused-ring (bicyclic) bond motifs is 1. The maximum Gasteiger partial charge on any atom is 0.337 e. The lowest BCUT2D eigenvalue weighted by Crippen LogP contribution is -2.35. The number of carbonyl (C=O) groups excluding carboxylic acids is 1. The lowest BCUT2D eigenvalue weighted by molar-refractivity contribution is 0.0600. The van der Waals surface area contributed by atoms with Crippen molar-refractivity contribution in [3.63, 3.8) is 0 Å². The number of H-pyrrole nitrogens is 1. The van der Waals surface area contributed by atoms with Crippen LogP contribution < -0.4 is 5.56 Å². The van der Waals surface area contributed by atoms with Gasteiger partial charge in [-0.2, -0.15) is 0 Å². The molecule has 0 fully saturated rings. The van der Waals surface area contributed by atoms with Gasteiger partial charge in [-0.25, -0.2) is 9.78 Å². The molecule has 2 aromatic heterocycles. The van der Waals surface area contributed by atoms with E-state index in [0.717, 1.165) is 28.2 Å². The fourth-order valence-electron chi connectivity index (χ4n) is 3.33. The van der Waals surface area contributed by atoms with E-state index in [-0.39, 0.29) is 11.5 Å². The summed E-state index contributed by atoms with van der Waals surface area (Å²) in [6, 6.07) is 11.3. The zero-order chi connectivity index (χ0) is 18.8. The number of esters is 1. The van der Waals surface area contributed by atoms with Crippen LogP contribution in [0.1, 0.15) is 27.2 Å². The Morgan fingerprint density at radius 2 is 2.22 bits per heavy atom. The standard InChI is InChI=1S/C20H19N3O3S/c1-26-20(25)14-5-2-4-13(10-14)11-23-8-7-15-16(12-23)21-18(22-19(15)24)17-6-3-9-27-17/h2-6,9-10H,7-8,11-12H2,1H3,(H,21,22,24). The third-order valence-corrected chi connectivity index (χ3v) is 5.54. The molecular weight excluding hydrogens is 362 g/mol. The summed E-state index contributed by atoms with van der Waals surface area (Å²) in [5.41, 5.74) is 3.13. The number of ether oxygens (including phenoxy) is 1. The van der Waals surface area contributed by atoms with E-state index >= 15 is 0 Å². The van der Waals surface area contributed by atoms with Gasteiger partial charge in [-0.15, -0.1) is 11.3 Å². The number of thiophene rings is 1. The summed E-state index contributed by atoms with van der Waals surface area (Å²) in [6.45, 7) is 2.08. The minimum atomic E-state index is -0.338. The van der Waals surface area contributed by atoms with Crippen molar-refractivity contribution in [2.45, 2.75) is 19.5 Å². The van der Waals surface area contributed by atoms with Crippen molar-refractivity contribution in [3.8, 4) is 10.7 Å². The minimum absolute atomic E-state index is 0.0456. The molecule has 0 bridgehead atoms. The van der Waals surface area contributed by atoms with E-state index in [1.54, 1.807) is 17.4 Å². The topological polar surface area (TPSA) is 75.3 Å². The summed E-state index contributed by atoms with van der Waals surface area (Å²) in [7, 11) is 1.38. The fraction of sp³-hybridized carbons (Fsp3) is 0.250. The molecule has 1 aliphatic rings. The second-order valence-corrected chi connectivity index (χ2v) is 7.42. The highest BCUT2D eigenvalue weighted by Crippen LogP contribution is 2.23. The van der Waals surface area contributed by atoms with E-state index in [1.807, 2.05) is 35.7 Å². The number of nitrogens with zero attached hydrogens (tertiary/aromatic N) is 2. The minimum Gasteiger partial charge on any atom is -0.465 e. The van der Waals surface area contributed by atoms with Gasteiger partial charge in [0.2, 0.25) is 0 Å². The van der Waals surface area contributed by atoms with Gasteiger partial charge in [0.25, 0.3) is 5.56 Å². The molecule has 1 N–H and O–H groups in total. The number of aromatic amines is 1. The molecule has 0 saturated carbocycles. The Bertz CT molecular complexity index is 1030. The van der Waals surface area contributed by atoms with Crippen molar-refractivity contribution in [1.29, 1.82) is 0 Å². The number of benzene rings is 1. The van der Waals surface area contributed by atoms with Gasteiger partial charge >= 0.3 is 5.97 Å². The number of hydrogen-bond acceptors (Lipinski definition) is 6. The first kappa shape index (κ1) is 17.6. The summed E-state index contributed by atoms with van der Waals surface area (Å²) >= 11 is 1.56. The molecule has 1 aliphatic heterocycles. The first-order valence-electron chi connectivity index (χ1n) is 8.69. The van der Waals surface area contributed by atoms with Gasteiger partial charge in [0, 0.05) is 25.2 Å². The largest absolute Gasteiger partial charge is 0.465 e. The van der Waals surface area contributed by atoms with Crippen molar-refractivity contribution >= 4 is 17.3 Å². The summed E-state index contributed by atoms with van der Waals surface area (Å²) < 4.78 is 4.79. The van der Waals surface area contributed by atoms with Gasteiger partial charge in [-0.3, -0.25) is 9.69 Å². The SMILES string of the molecule is COC(=O)c1cccc(CN2CCc3c(nc(-c4cccs4)[nH]c3=O)C2)c1. The van der Waals surface area contributed by atoms with Crippen molar-refractivity contribution in [1.82, 2.24) is 14.9 Å². The number of rotatable bonds is 4. The zero-order valence-electron chi connectivity index (χ0n) is 14.9. The Labute approximate surface area is 160 Å². The molecule has 3 heterocycles. The normalized spacial score (nSPS) is 14.0. The Balaban J connectivity index is 1.56. The highest BCUT2D eigenvalue weighted by molar-refractivity contribution is 7.13. The van der Waals surface area contributed by atoms with E-state index in [4.69, 9.17) is 9.72 Å². The molecule has 0 aliphatic carbocycles. The van der Waals surface area contributed by atoms with Crippen LogP contribution in [0.4, 0.5) is 0 Å². The lowest BCUT2D eigenvalue weighted by atomic mass is 10.0. The highest BCUT2D eigenvalue weighted by atomic mass is 32.1. The van der Waals surface area contributed by atoms with E-state index in [9.17, 15) is 9.59 Å². The molecule has 0 saturated heterocycles. The maximum absolute atomic E-state index is 12.4. The molecule has 138 valence electrons. The predicted octanol–water partition coefficient (Wildman–Crippen LogP) is 2.84. The molecule has 0 spiro atoms. The number of aromatic nitrogens is 2. The third kappa shape index (κ3) is 3.70. The molecule has 4 rings (SSSR count). The van der Waals surface area contributed by atoms with E-state index in [2.05, 4.69) is 9.88 Å². The molecule has 7 heteroatoms. The van der Waals surface area contributed by atoms with Crippen LogP contribution in [0.2, 0.25) is 0 Å². The first-order chi connectivity index (χ1) is 13.1. The van der Waals surface area contributed by atoms with E-state index in [1.165, 1.54) is 7.11 Å². The lowest BCUT2D eigenvalue weighted by Gasteiger charge is -2.27. The second-order valence-electron chi connectivity index (χ2n) is 6.47. The average molecular weight is 381 g/mol. The van der Waals surface area contributed by atoms with Crippen LogP contribution in [0.25, 0.3) is 10.7 Å². The summed E-state index contributed by atoms with van der Waals surface area (Å²) in [5, 5.41) is 1.97. The fourth-order valence-corrected chi connectivity index (χ4v) is 4.00. The van der Waals surface area contributed by atoms with Gasteiger partial charge in [0.15, 0.2) is 5.82 Å². The van der Waals surface area contributed by atoms with Gasteiger partial charge in [-0.05, 0) is 35.6 Å². The maximum atomic E-state index is 12.4. The number of methoxy groups -OCH3 is 1. The monoisotopic (exact) mass is 381 g/mol. The molecule has 6 nitrogen and oxygen atoms in total. The molecular formula is C20H19N3O3S. The number of hydrogen-bond donors (Lipinski definition) is 1. The number of carbonyl (C=O) groups is 1. The Kier molecular flexibility index (Phi) is 4.87. The molecule has 0 radical (unpaired) electrons. The highest BCUT2D eigenvalue weighted by Gasteiger charge is 2.22. The van der Waals surface area contributed by atoms with E-state index < -0.39 is 0 Å². The van der Waals surface area contributed by atoms with Crippen molar-refractivity contribution in [2.75, 3.05) is 13.7 Å². The van der Waals surface area contributed by atoms with Gasteiger partial charge in [0.05, 0.1) is 23.2 Å². The predicted molar refractivity (Wildman–Crippen MR) is 104 cm³/mol. The molecule has 1 aromatic carbocycles. The Hall–Kier alpha value is -2.77. The molecule has 27 heavy (non-hydrogen) atoms. The van der Waals surface area contributed by atoms with Crippen LogP contribution in [-0.4, -0.2) is 34.5 Å². The molecule has 0 unspecified atom stereocenters. The smallest absolute Gasteiger partial charge is 0.337 e. The Morgan fingerprint density at radius 1 is 1.33 bits per heavy atom. The van der Waals surface area contributed by atoms with Gasteiger partial charge in [0.1, 0.15) is 0 Å². The van der Waals surface area contributed by atoms with Crippen molar-refractivity contribution in [2.24, 2.45) is 0 Å². The van der Waals surface area contributed by atoms with Crippen LogP contribution in [-0.2, 0) is 24.2 Å². The van der Waals surface area contributed by atoms with Crippen LogP contribution in [0.15, 0.2) is 46.6 Å². The van der Waals surface area contributed by atoms with Crippen LogP contribution in [0.3, 0.4) is 0 Å². The summed E-state index contributed by atoms with van der Waals surface area (Å²) in [4.78, 5) is 35.0. The zero-order valence-corrected chi connectivity index (χ0v) is 15.7. The van der Waals surface area contributed by atoms with Crippen LogP contribution in [0, 0.1) is 0 Å². The Morgan fingerprint density at radius 3 is 3.00 bits per heavy atom. The number of nitrogens with one attached hydrogen (secondary N) is 1. The van der Waals surface area contributed by atoms with Gasteiger partial charge in [-0.1, -0.05) is 18.2 Å². The molecule has 3 aromatic rings. The summed E-state index contributed by atoms with van der Waals surface area (Å²) in [5.74, 6) is 0.290. The van der Waals surface area contributed by atoms with Crippen LogP contribution >= 0.6 is 11.3 Å². The van der Waals surface area contributed by atoms with E-state index in [0.29, 0.717) is 30.9 Å². The summed E-state index contributed by atoms with van der Waals surface area (Å²) in [6.07, 6.45) is 0.666. The second kappa shape index (κ2) is 7.46.